The minimum absolute atomic E-state index is 0.343. The van der Waals surface area contributed by atoms with E-state index in [1.165, 1.54) is 0 Å². The van der Waals surface area contributed by atoms with Gasteiger partial charge < -0.3 is 0 Å². The molecule has 0 aliphatic heterocycles. The molecule has 1 aromatic carbocycles. The molecule has 0 radical (unpaired) electrons. The number of halogens is 1. The molecule has 1 aromatic rings. The summed E-state index contributed by atoms with van der Waals surface area (Å²) in [5.74, 6) is 0. The van der Waals surface area contributed by atoms with Gasteiger partial charge in [0.05, 0.1) is 6.26 Å². The van der Waals surface area contributed by atoms with Crippen LogP contribution in [-0.4, -0.2) is 18.8 Å². The predicted molar refractivity (Wildman–Crippen MR) is 63.9 cm³/mol. The zero-order chi connectivity index (χ0) is 10.6. The summed E-state index contributed by atoms with van der Waals surface area (Å²) in [4.78, 5) is 0. The lowest BCUT2D eigenvalue weighted by Crippen LogP contribution is -2.13. The molecule has 1 atom stereocenters. The van der Waals surface area contributed by atoms with Gasteiger partial charge in [0.25, 0.3) is 10.1 Å². The van der Waals surface area contributed by atoms with Crippen molar-refractivity contribution in [3.63, 3.8) is 0 Å². The first kappa shape index (κ1) is 11.9. The second kappa shape index (κ2) is 5.09. The second-order valence-electron chi connectivity index (χ2n) is 2.90. The van der Waals surface area contributed by atoms with E-state index in [1.54, 1.807) is 0 Å². The molecular weight excluding hydrogens is 315 g/mol. The molecule has 0 saturated carbocycles. The van der Waals surface area contributed by atoms with Crippen molar-refractivity contribution in [1.82, 2.24) is 0 Å². The Kier molecular flexibility index (Phi) is 4.33. The smallest absolute Gasteiger partial charge is 0.256 e. The van der Waals surface area contributed by atoms with Crippen LogP contribution in [0.1, 0.15) is 5.56 Å². The van der Waals surface area contributed by atoms with Crippen LogP contribution in [0.25, 0.3) is 0 Å². The van der Waals surface area contributed by atoms with Gasteiger partial charge in [-0.3, -0.25) is 4.18 Å². The van der Waals surface area contributed by atoms with Crippen molar-refractivity contribution in [3.05, 3.63) is 35.9 Å². The Balaban J connectivity index is 2.54. The first-order chi connectivity index (χ1) is 6.47. The van der Waals surface area contributed by atoms with Crippen LogP contribution in [0.3, 0.4) is 0 Å². The molecule has 0 saturated heterocycles. The van der Waals surface area contributed by atoms with Gasteiger partial charge in [-0.25, -0.2) is 0 Å². The largest absolute Gasteiger partial charge is 0.265 e. The fourth-order valence-electron chi connectivity index (χ4n) is 1.02. The standard InChI is InChI=1S/C9H11IO3S/c1-14(11,12)13-9(10)7-8-5-3-2-4-6-8/h2-6,9H,7H2,1H3. The summed E-state index contributed by atoms with van der Waals surface area (Å²) in [6.45, 7) is 0. The first-order valence-corrected chi connectivity index (χ1v) is 7.10. The van der Waals surface area contributed by atoms with E-state index in [0.717, 1.165) is 11.8 Å². The van der Waals surface area contributed by atoms with E-state index in [4.69, 9.17) is 4.18 Å². The number of rotatable bonds is 4. The van der Waals surface area contributed by atoms with Gasteiger partial charge in [-0.15, -0.1) is 0 Å². The second-order valence-corrected chi connectivity index (χ2v) is 5.89. The lowest BCUT2D eigenvalue weighted by atomic mass is 10.2. The van der Waals surface area contributed by atoms with Crippen molar-refractivity contribution in [2.45, 2.75) is 10.5 Å². The maximum atomic E-state index is 10.8. The zero-order valence-corrected chi connectivity index (χ0v) is 10.7. The Hall–Kier alpha value is -0.140. The summed E-state index contributed by atoms with van der Waals surface area (Å²) in [6, 6.07) is 9.63. The fourth-order valence-corrected chi connectivity index (χ4v) is 3.11. The van der Waals surface area contributed by atoms with Crippen molar-refractivity contribution in [2.75, 3.05) is 6.26 Å². The SMILES string of the molecule is CS(=O)(=O)OC(I)Cc1ccccc1. The highest BCUT2D eigenvalue weighted by Crippen LogP contribution is 2.13. The summed E-state index contributed by atoms with van der Waals surface area (Å²) in [5.41, 5.74) is 1.07. The van der Waals surface area contributed by atoms with Gasteiger partial charge in [0.15, 0.2) is 0 Å². The van der Waals surface area contributed by atoms with E-state index in [9.17, 15) is 8.42 Å². The van der Waals surface area contributed by atoms with E-state index < -0.39 is 10.1 Å². The van der Waals surface area contributed by atoms with Crippen LogP contribution in [0.4, 0.5) is 0 Å². The summed E-state index contributed by atoms with van der Waals surface area (Å²) in [6.07, 6.45) is 1.65. The van der Waals surface area contributed by atoms with Crippen molar-refractivity contribution in [2.24, 2.45) is 0 Å². The van der Waals surface area contributed by atoms with E-state index in [0.29, 0.717) is 6.42 Å². The Morgan fingerprint density at radius 2 is 1.93 bits per heavy atom. The van der Waals surface area contributed by atoms with E-state index >= 15 is 0 Å². The Morgan fingerprint density at radius 3 is 2.43 bits per heavy atom. The molecule has 5 heteroatoms. The molecule has 14 heavy (non-hydrogen) atoms. The number of hydrogen-bond donors (Lipinski definition) is 0. The van der Waals surface area contributed by atoms with Gasteiger partial charge in [-0.05, 0) is 28.2 Å². The molecule has 0 amide bonds. The van der Waals surface area contributed by atoms with E-state index in [1.807, 2.05) is 52.9 Å². The normalized spacial score (nSPS) is 13.9. The molecule has 0 spiro atoms. The van der Waals surface area contributed by atoms with Crippen molar-refractivity contribution >= 4 is 32.7 Å². The molecule has 0 N–H and O–H groups in total. The summed E-state index contributed by atoms with van der Waals surface area (Å²) in [5, 5.41) is 0. The predicted octanol–water partition coefficient (Wildman–Crippen LogP) is 1.97. The lowest BCUT2D eigenvalue weighted by Gasteiger charge is -2.08. The number of alkyl halides is 1. The molecular formula is C9H11IO3S. The number of benzene rings is 1. The third kappa shape index (κ3) is 4.92. The monoisotopic (exact) mass is 326 g/mol. The van der Waals surface area contributed by atoms with Gasteiger partial charge >= 0.3 is 0 Å². The third-order valence-electron chi connectivity index (χ3n) is 1.52. The molecule has 1 unspecified atom stereocenters. The average molecular weight is 326 g/mol. The highest BCUT2D eigenvalue weighted by Gasteiger charge is 2.11. The quantitative estimate of drug-likeness (QED) is 0.483. The summed E-state index contributed by atoms with van der Waals surface area (Å²) < 4.78 is 26.1. The van der Waals surface area contributed by atoms with Crippen molar-refractivity contribution in [1.29, 1.82) is 0 Å². The Morgan fingerprint density at radius 1 is 1.36 bits per heavy atom. The molecule has 0 heterocycles. The molecule has 1 rings (SSSR count). The Labute approximate surface area is 97.7 Å². The van der Waals surface area contributed by atoms with Gasteiger partial charge in [-0.2, -0.15) is 8.42 Å². The molecule has 3 nitrogen and oxygen atoms in total. The molecule has 0 bridgehead atoms. The molecule has 0 fully saturated rings. The molecule has 0 aliphatic rings. The Bertz CT molecular complexity index is 374. The molecule has 78 valence electrons. The maximum Gasteiger partial charge on any atom is 0.265 e. The van der Waals surface area contributed by atoms with Gasteiger partial charge in [0.2, 0.25) is 0 Å². The minimum atomic E-state index is -3.35. The average Bonchev–Trinajstić information content (AvgIpc) is 2.02. The highest BCUT2D eigenvalue weighted by atomic mass is 127. The van der Waals surface area contributed by atoms with Crippen LogP contribution in [0.5, 0.6) is 0 Å². The van der Waals surface area contributed by atoms with Gasteiger partial charge in [0, 0.05) is 6.42 Å². The number of hydrogen-bond acceptors (Lipinski definition) is 3. The lowest BCUT2D eigenvalue weighted by molar-refractivity contribution is 0.309. The zero-order valence-electron chi connectivity index (χ0n) is 7.68. The van der Waals surface area contributed by atoms with E-state index in [2.05, 4.69) is 0 Å². The van der Waals surface area contributed by atoms with Crippen LogP contribution in [-0.2, 0) is 20.7 Å². The summed E-state index contributed by atoms with van der Waals surface area (Å²) >= 11 is 1.97. The van der Waals surface area contributed by atoms with Gasteiger partial charge in [0.1, 0.15) is 4.11 Å². The van der Waals surface area contributed by atoms with Crippen molar-refractivity contribution < 1.29 is 12.6 Å². The van der Waals surface area contributed by atoms with Crippen LogP contribution in [0, 0.1) is 0 Å². The maximum absolute atomic E-state index is 10.8. The van der Waals surface area contributed by atoms with Crippen LogP contribution < -0.4 is 0 Å². The van der Waals surface area contributed by atoms with E-state index in [-0.39, 0.29) is 4.11 Å². The van der Waals surface area contributed by atoms with Crippen LogP contribution in [0.2, 0.25) is 0 Å². The fraction of sp³-hybridized carbons (Fsp3) is 0.333. The van der Waals surface area contributed by atoms with Crippen LogP contribution in [0.15, 0.2) is 30.3 Å². The first-order valence-electron chi connectivity index (χ1n) is 4.03. The van der Waals surface area contributed by atoms with Gasteiger partial charge in [-0.1, -0.05) is 30.3 Å². The third-order valence-corrected chi connectivity index (χ3v) is 3.14. The molecule has 0 aromatic heterocycles. The molecule has 0 aliphatic carbocycles. The summed E-state index contributed by atoms with van der Waals surface area (Å²) in [7, 11) is -3.35. The van der Waals surface area contributed by atoms with Crippen LogP contribution >= 0.6 is 22.6 Å². The van der Waals surface area contributed by atoms with Crippen molar-refractivity contribution in [3.8, 4) is 0 Å². The highest BCUT2D eigenvalue weighted by molar-refractivity contribution is 14.1. The minimum Gasteiger partial charge on any atom is -0.256 e. The topological polar surface area (TPSA) is 43.4 Å².